The number of ether oxygens (including phenoxy) is 1. The lowest BCUT2D eigenvalue weighted by molar-refractivity contribution is -0.133. The van der Waals surface area contributed by atoms with Gasteiger partial charge in [0.05, 0.1) is 13.0 Å². The van der Waals surface area contributed by atoms with Gasteiger partial charge in [0.1, 0.15) is 5.75 Å². The second-order valence-corrected chi connectivity index (χ2v) is 7.67. The number of hydrogen-bond acceptors (Lipinski definition) is 3. The van der Waals surface area contributed by atoms with Crippen molar-refractivity contribution in [2.24, 2.45) is 11.8 Å². The minimum Gasteiger partial charge on any atom is -0.497 e. The molecule has 2 aromatic carbocycles. The van der Waals surface area contributed by atoms with Crippen molar-refractivity contribution >= 4 is 17.5 Å². The number of carbonyl (C=O) groups excluding carboxylic acids is 2. The fourth-order valence-corrected chi connectivity index (χ4v) is 3.95. The molecule has 0 bridgehead atoms. The first-order valence-corrected chi connectivity index (χ1v) is 10.4. The van der Waals surface area contributed by atoms with E-state index in [1.807, 2.05) is 35.2 Å². The number of amides is 2. The SMILES string of the molecule is CCCCN1C[C@H](Cc2ccccc2)[C@@H](CC(=O)Nc2ccc(OC)cc2)C1=O. The molecule has 0 unspecified atom stereocenters. The van der Waals surface area contributed by atoms with Gasteiger partial charge in [-0.2, -0.15) is 0 Å². The summed E-state index contributed by atoms with van der Waals surface area (Å²) in [5.41, 5.74) is 1.92. The molecule has 0 aliphatic carbocycles. The van der Waals surface area contributed by atoms with E-state index in [9.17, 15) is 9.59 Å². The van der Waals surface area contributed by atoms with E-state index in [1.54, 1.807) is 19.2 Å². The van der Waals surface area contributed by atoms with Gasteiger partial charge in [0, 0.05) is 25.2 Å². The van der Waals surface area contributed by atoms with Crippen LogP contribution in [0.3, 0.4) is 0 Å². The molecule has 1 saturated heterocycles. The Morgan fingerprint density at radius 2 is 1.86 bits per heavy atom. The predicted octanol–water partition coefficient (Wildman–Crippen LogP) is 4.14. The zero-order valence-corrected chi connectivity index (χ0v) is 17.3. The predicted molar refractivity (Wildman–Crippen MR) is 115 cm³/mol. The van der Waals surface area contributed by atoms with Crippen molar-refractivity contribution in [2.75, 3.05) is 25.5 Å². The van der Waals surface area contributed by atoms with Gasteiger partial charge in [-0.05, 0) is 48.6 Å². The lowest BCUT2D eigenvalue weighted by Gasteiger charge is -2.16. The summed E-state index contributed by atoms with van der Waals surface area (Å²) >= 11 is 0. The van der Waals surface area contributed by atoms with E-state index >= 15 is 0 Å². The number of likely N-dealkylation sites (tertiary alicyclic amines) is 1. The van der Waals surface area contributed by atoms with E-state index < -0.39 is 0 Å². The number of nitrogens with zero attached hydrogens (tertiary/aromatic N) is 1. The molecular formula is C24H30N2O3. The van der Waals surface area contributed by atoms with Crippen LogP contribution in [0.4, 0.5) is 5.69 Å². The molecule has 3 rings (SSSR count). The molecule has 1 N–H and O–H groups in total. The van der Waals surface area contributed by atoms with E-state index in [2.05, 4.69) is 24.4 Å². The second-order valence-electron chi connectivity index (χ2n) is 7.67. The third kappa shape index (κ3) is 5.59. The number of methoxy groups -OCH3 is 1. The number of unbranched alkanes of at least 4 members (excludes halogenated alkanes) is 1. The first-order chi connectivity index (χ1) is 14.1. The Morgan fingerprint density at radius 1 is 1.14 bits per heavy atom. The molecule has 1 fully saturated rings. The third-order valence-corrected chi connectivity index (χ3v) is 5.55. The number of carbonyl (C=O) groups is 2. The van der Waals surface area contributed by atoms with Crippen LogP contribution in [0.25, 0.3) is 0 Å². The van der Waals surface area contributed by atoms with Crippen molar-refractivity contribution in [3.05, 3.63) is 60.2 Å². The van der Waals surface area contributed by atoms with Crippen LogP contribution in [0.1, 0.15) is 31.7 Å². The van der Waals surface area contributed by atoms with Crippen LogP contribution < -0.4 is 10.1 Å². The number of nitrogens with one attached hydrogen (secondary N) is 1. The number of anilines is 1. The number of hydrogen-bond donors (Lipinski definition) is 1. The highest BCUT2D eigenvalue weighted by molar-refractivity contribution is 5.94. The maximum Gasteiger partial charge on any atom is 0.226 e. The Labute approximate surface area is 173 Å². The molecule has 1 aliphatic rings. The molecule has 2 amide bonds. The largest absolute Gasteiger partial charge is 0.497 e. The second kappa shape index (κ2) is 10.1. The van der Waals surface area contributed by atoms with E-state index in [0.717, 1.165) is 38.1 Å². The van der Waals surface area contributed by atoms with Gasteiger partial charge in [-0.15, -0.1) is 0 Å². The Morgan fingerprint density at radius 3 is 2.52 bits per heavy atom. The minimum absolute atomic E-state index is 0.115. The molecule has 1 aliphatic heterocycles. The summed E-state index contributed by atoms with van der Waals surface area (Å²) in [6.07, 6.45) is 3.07. The van der Waals surface area contributed by atoms with Gasteiger partial charge in [-0.25, -0.2) is 0 Å². The quantitative estimate of drug-likeness (QED) is 0.695. The zero-order chi connectivity index (χ0) is 20.6. The van der Waals surface area contributed by atoms with Gasteiger partial charge in [-0.3, -0.25) is 9.59 Å². The van der Waals surface area contributed by atoms with Crippen LogP contribution in [0.5, 0.6) is 5.75 Å². The summed E-state index contributed by atoms with van der Waals surface area (Å²) in [6, 6.07) is 17.4. The van der Waals surface area contributed by atoms with Crippen molar-refractivity contribution in [2.45, 2.75) is 32.6 Å². The fraction of sp³-hybridized carbons (Fsp3) is 0.417. The fourth-order valence-electron chi connectivity index (χ4n) is 3.95. The summed E-state index contributed by atoms with van der Waals surface area (Å²) in [5, 5.41) is 2.92. The first-order valence-electron chi connectivity index (χ1n) is 10.4. The average Bonchev–Trinajstić information content (AvgIpc) is 3.02. The van der Waals surface area contributed by atoms with Gasteiger partial charge in [0.25, 0.3) is 0 Å². The smallest absolute Gasteiger partial charge is 0.226 e. The normalized spacial score (nSPS) is 18.7. The summed E-state index contributed by atoms with van der Waals surface area (Å²) in [5.74, 6) is 0.616. The van der Waals surface area contributed by atoms with Crippen LogP contribution >= 0.6 is 0 Å². The monoisotopic (exact) mass is 394 g/mol. The maximum atomic E-state index is 13.0. The highest BCUT2D eigenvalue weighted by Crippen LogP contribution is 2.31. The molecule has 2 aromatic rings. The van der Waals surface area contributed by atoms with Crippen LogP contribution in [-0.4, -0.2) is 36.9 Å². The summed E-state index contributed by atoms with van der Waals surface area (Å²) in [4.78, 5) is 27.6. The first kappa shape index (κ1) is 20.9. The lowest BCUT2D eigenvalue weighted by atomic mass is 9.87. The molecule has 154 valence electrons. The molecule has 0 radical (unpaired) electrons. The van der Waals surface area contributed by atoms with Gasteiger partial charge in [0.2, 0.25) is 11.8 Å². The zero-order valence-electron chi connectivity index (χ0n) is 17.3. The Balaban J connectivity index is 1.67. The average molecular weight is 395 g/mol. The summed E-state index contributed by atoms with van der Waals surface area (Å²) in [6.45, 7) is 3.63. The van der Waals surface area contributed by atoms with Crippen LogP contribution in [0.15, 0.2) is 54.6 Å². The number of benzene rings is 2. The van der Waals surface area contributed by atoms with Crippen molar-refractivity contribution in [1.29, 1.82) is 0 Å². The Hall–Kier alpha value is -2.82. The van der Waals surface area contributed by atoms with E-state index in [0.29, 0.717) is 5.69 Å². The van der Waals surface area contributed by atoms with Gasteiger partial charge >= 0.3 is 0 Å². The topological polar surface area (TPSA) is 58.6 Å². The molecule has 0 saturated carbocycles. The van der Waals surface area contributed by atoms with Gasteiger partial charge < -0.3 is 15.0 Å². The molecule has 5 heteroatoms. The van der Waals surface area contributed by atoms with Crippen LogP contribution in [-0.2, 0) is 16.0 Å². The molecule has 0 spiro atoms. The van der Waals surface area contributed by atoms with Crippen LogP contribution in [0.2, 0.25) is 0 Å². The van der Waals surface area contributed by atoms with Crippen molar-refractivity contribution in [1.82, 2.24) is 4.90 Å². The maximum absolute atomic E-state index is 13.0. The molecule has 1 heterocycles. The molecule has 0 aromatic heterocycles. The Kier molecular flexibility index (Phi) is 7.28. The standard InChI is InChI=1S/C24H30N2O3/c1-3-4-14-26-17-19(15-18-8-6-5-7-9-18)22(24(26)28)16-23(27)25-20-10-12-21(29-2)13-11-20/h5-13,19,22H,3-4,14-17H2,1-2H3,(H,25,27)/t19-,22+/m0/s1. The molecule has 29 heavy (non-hydrogen) atoms. The van der Waals surface area contributed by atoms with Crippen molar-refractivity contribution in [3.63, 3.8) is 0 Å². The van der Waals surface area contributed by atoms with Crippen molar-refractivity contribution in [3.8, 4) is 5.75 Å². The number of rotatable bonds is 9. The minimum atomic E-state index is -0.273. The third-order valence-electron chi connectivity index (χ3n) is 5.55. The van der Waals surface area contributed by atoms with E-state index in [4.69, 9.17) is 4.74 Å². The van der Waals surface area contributed by atoms with Crippen molar-refractivity contribution < 1.29 is 14.3 Å². The lowest BCUT2D eigenvalue weighted by Crippen LogP contribution is -2.30. The molecular weight excluding hydrogens is 364 g/mol. The molecule has 5 nitrogen and oxygen atoms in total. The molecule has 2 atom stereocenters. The van der Waals surface area contributed by atoms with Crippen LogP contribution in [0, 0.1) is 11.8 Å². The highest BCUT2D eigenvalue weighted by Gasteiger charge is 2.40. The van der Waals surface area contributed by atoms with E-state index in [-0.39, 0.29) is 30.1 Å². The van der Waals surface area contributed by atoms with Gasteiger partial charge in [-0.1, -0.05) is 43.7 Å². The van der Waals surface area contributed by atoms with Gasteiger partial charge in [0.15, 0.2) is 0 Å². The summed E-state index contributed by atoms with van der Waals surface area (Å²) in [7, 11) is 1.61. The highest BCUT2D eigenvalue weighted by atomic mass is 16.5. The Bertz CT molecular complexity index is 805. The summed E-state index contributed by atoms with van der Waals surface area (Å²) < 4.78 is 5.15. The van der Waals surface area contributed by atoms with E-state index in [1.165, 1.54) is 5.56 Å².